The molecule has 0 unspecified atom stereocenters. The van der Waals surface area contributed by atoms with Crippen molar-refractivity contribution in [3.8, 4) is 0 Å². The van der Waals surface area contributed by atoms with E-state index in [4.69, 9.17) is 4.74 Å². The Morgan fingerprint density at radius 2 is 2.08 bits per heavy atom. The van der Waals surface area contributed by atoms with Gasteiger partial charge in [0.1, 0.15) is 6.04 Å². The molecule has 1 saturated heterocycles. The van der Waals surface area contributed by atoms with Crippen molar-refractivity contribution < 1.29 is 9.53 Å². The highest BCUT2D eigenvalue weighted by molar-refractivity contribution is 5.81. The molecule has 2 heterocycles. The third-order valence-corrected chi connectivity index (χ3v) is 5.76. The lowest BCUT2D eigenvalue weighted by molar-refractivity contribution is -0.146. The molecule has 1 aliphatic heterocycles. The summed E-state index contributed by atoms with van der Waals surface area (Å²) < 4.78 is 5.10. The number of aromatic nitrogens is 1. The molecule has 4 heteroatoms. The highest BCUT2D eigenvalue weighted by Crippen LogP contribution is 2.41. The number of carbonyl (C=O) groups excluding carboxylic acids is 1. The Hall–Kier alpha value is -1.94. The Labute approximate surface area is 142 Å². The highest BCUT2D eigenvalue weighted by Gasteiger charge is 2.45. The number of hydrogen-bond acceptors (Lipinski definition) is 4. The maximum atomic E-state index is 12.3. The first-order valence-corrected chi connectivity index (χ1v) is 8.94. The van der Waals surface area contributed by atoms with Crippen LogP contribution < -0.4 is 0 Å². The van der Waals surface area contributed by atoms with Gasteiger partial charge in [-0.2, -0.15) is 0 Å². The maximum absolute atomic E-state index is 12.3. The Bertz CT molecular complexity index is 740. The van der Waals surface area contributed by atoms with Gasteiger partial charge < -0.3 is 4.74 Å². The van der Waals surface area contributed by atoms with Gasteiger partial charge in [0.2, 0.25) is 0 Å². The largest absolute Gasteiger partial charge is 0.468 e. The van der Waals surface area contributed by atoms with Gasteiger partial charge in [0, 0.05) is 24.2 Å². The van der Waals surface area contributed by atoms with Crippen LogP contribution in [0.3, 0.4) is 0 Å². The van der Waals surface area contributed by atoms with Crippen molar-refractivity contribution in [2.45, 2.75) is 50.7 Å². The molecule has 1 aromatic carbocycles. The molecule has 2 aliphatic rings. The van der Waals surface area contributed by atoms with Crippen molar-refractivity contribution in [1.82, 2.24) is 9.88 Å². The standard InChI is InChI=1S/C20H24N2O2/c1-24-20(23)18-12-15-6-2-3-10-17(15)22(18)13-16-8-4-7-14-9-5-11-21-19(14)16/h4-5,7-9,11,15,17-18H,2-3,6,10,12-13H2,1H3/t15-,17-,18-/m0/s1. The third-order valence-electron chi connectivity index (χ3n) is 5.76. The van der Waals surface area contributed by atoms with Gasteiger partial charge >= 0.3 is 5.97 Å². The average Bonchev–Trinajstić information content (AvgIpc) is 3.00. The zero-order valence-corrected chi connectivity index (χ0v) is 14.1. The van der Waals surface area contributed by atoms with Crippen molar-refractivity contribution >= 4 is 16.9 Å². The molecule has 2 aromatic rings. The molecule has 1 aromatic heterocycles. The maximum Gasteiger partial charge on any atom is 0.323 e. The zero-order valence-electron chi connectivity index (χ0n) is 14.1. The van der Waals surface area contributed by atoms with Gasteiger partial charge in [-0.25, -0.2) is 0 Å². The minimum atomic E-state index is -0.109. The summed E-state index contributed by atoms with van der Waals surface area (Å²) >= 11 is 0. The van der Waals surface area contributed by atoms with Crippen molar-refractivity contribution in [3.05, 3.63) is 42.1 Å². The number of benzene rings is 1. The molecule has 2 fully saturated rings. The molecule has 4 rings (SSSR count). The summed E-state index contributed by atoms with van der Waals surface area (Å²) in [6.07, 6.45) is 7.77. The van der Waals surface area contributed by atoms with Crippen LogP contribution in [0.2, 0.25) is 0 Å². The van der Waals surface area contributed by atoms with E-state index < -0.39 is 0 Å². The zero-order chi connectivity index (χ0) is 16.5. The van der Waals surface area contributed by atoms with E-state index in [1.54, 1.807) is 0 Å². The predicted molar refractivity (Wildman–Crippen MR) is 93.5 cm³/mol. The van der Waals surface area contributed by atoms with Crippen LogP contribution in [0.5, 0.6) is 0 Å². The quantitative estimate of drug-likeness (QED) is 0.810. The molecule has 0 radical (unpaired) electrons. The molecular formula is C20H24N2O2. The number of likely N-dealkylation sites (tertiary alicyclic amines) is 1. The van der Waals surface area contributed by atoms with E-state index in [1.165, 1.54) is 38.4 Å². The van der Waals surface area contributed by atoms with Gasteiger partial charge in [-0.05, 0) is 36.8 Å². The number of pyridine rings is 1. The van der Waals surface area contributed by atoms with Crippen molar-refractivity contribution in [2.75, 3.05) is 7.11 Å². The number of esters is 1. The SMILES string of the molecule is COC(=O)[C@@H]1C[C@@H]2CCCC[C@@H]2N1Cc1cccc2cccnc12. The van der Waals surface area contributed by atoms with Gasteiger partial charge in [-0.15, -0.1) is 0 Å². The fraction of sp³-hybridized carbons (Fsp3) is 0.500. The molecular weight excluding hydrogens is 300 g/mol. The number of ether oxygens (including phenoxy) is 1. The lowest BCUT2D eigenvalue weighted by Gasteiger charge is -2.33. The van der Waals surface area contributed by atoms with Gasteiger partial charge in [0.25, 0.3) is 0 Å². The van der Waals surface area contributed by atoms with Crippen molar-refractivity contribution in [1.29, 1.82) is 0 Å². The Morgan fingerprint density at radius 1 is 1.25 bits per heavy atom. The Kier molecular flexibility index (Phi) is 4.23. The van der Waals surface area contributed by atoms with Crippen LogP contribution in [-0.2, 0) is 16.1 Å². The second kappa shape index (κ2) is 6.52. The fourth-order valence-corrected chi connectivity index (χ4v) is 4.64. The van der Waals surface area contributed by atoms with E-state index >= 15 is 0 Å². The van der Waals surface area contributed by atoms with E-state index in [0.29, 0.717) is 12.0 Å². The minimum Gasteiger partial charge on any atom is -0.468 e. The van der Waals surface area contributed by atoms with Crippen LogP contribution in [0.1, 0.15) is 37.7 Å². The summed E-state index contributed by atoms with van der Waals surface area (Å²) in [7, 11) is 1.50. The molecule has 0 N–H and O–H groups in total. The predicted octanol–water partition coefficient (Wildman–Crippen LogP) is 3.54. The molecule has 126 valence electrons. The first-order chi connectivity index (χ1) is 11.8. The van der Waals surface area contributed by atoms with Crippen molar-refractivity contribution in [2.24, 2.45) is 5.92 Å². The summed E-state index contributed by atoms with van der Waals surface area (Å²) in [4.78, 5) is 19.3. The van der Waals surface area contributed by atoms with Crippen LogP contribution in [0.25, 0.3) is 10.9 Å². The van der Waals surface area contributed by atoms with Crippen LogP contribution in [-0.4, -0.2) is 35.0 Å². The molecule has 3 atom stereocenters. The normalized spacial score (nSPS) is 27.1. The van der Waals surface area contributed by atoms with Crippen molar-refractivity contribution in [3.63, 3.8) is 0 Å². The summed E-state index contributed by atoms with van der Waals surface area (Å²) in [5.41, 5.74) is 2.25. The summed E-state index contributed by atoms with van der Waals surface area (Å²) in [5, 5.41) is 1.16. The third kappa shape index (κ3) is 2.69. The number of para-hydroxylation sites is 1. The summed E-state index contributed by atoms with van der Waals surface area (Å²) in [6, 6.07) is 10.8. The Morgan fingerprint density at radius 3 is 2.96 bits per heavy atom. The lowest BCUT2D eigenvalue weighted by atomic mass is 9.84. The molecule has 24 heavy (non-hydrogen) atoms. The summed E-state index contributed by atoms with van der Waals surface area (Å²) in [5.74, 6) is 0.545. The number of methoxy groups -OCH3 is 1. The average molecular weight is 324 g/mol. The first-order valence-electron chi connectivity index (χ1n) is 8.94. The Balaban J connectivity index is 1.68. The summed E-state index contributed by atoms with van der Waals surface area (Å²) in [6.45, 7) is 0.773. The number of rotatable bonds is 3. The molecule has 0 bridgehead atoms. The van der Waals surface area contributed by atoms with E-state index in [0.717, 1.165) is 23.9 Å². The monoisotopic (exact) mass is 324 g/mol. The van der Waals surface area contributed by atoms with Gasteiger partial charge in [0.15, 0.2) is 0 Å². The van der Waals surface area contributed by atoms with E-state index in [-0.39, 0.29) is 12.0 Å². The highest BCUT2D eigenvalue weighted by atomic mass is 16.5. The number of hydrogen-bond donors (Lipinski definition) is 0. The molecule has 0 spiro atoms. The van der Waals surface area contributed by atoms with Crippen LogP contribution in [0, 0.1) is 5.92 Å². The minimum absolute atomic E-state index is 0.0856. The van der Waals surface area contributed by atoms with Gasteiger partial charge in [-0.1, -0.05) is 37.1 Å². The van der Waals surface area contributed by atoms with Crippen LogP contribution in [0.4, 0.5) is 0 Å². The lowest BCUT2D eigenvalue weighted by Crippen LogP contribution is -2.42. The molecule has 1 saturated carbocycles. The van der Waals surface area contributed by atoms with Crippen LogP contribution in [0.15, 0.2) is 36.5 Å². The second-order valence-corrected chi connectivity index (χ2v) is 7.05. The van der Waals surface area contributed by atoms with Gasteiger partial charge in [0.05, 0.1) is 12.6 Å². The van der Waals surface area contributed by atoms with E-state index in [9.17, 15) is 4.79 Å². The topological polar surface area (TPSA) is 42.4 Å². The van der Waals surface area contributed by atoms with Crippen LogP contribution >= 0.6 is 0 Å². The fourth-order valence-electron chi connectivity index (χ4n) is 4.64. The van der Waals surface area contributed by atoms with E-state index in [1.807, 2.05) is 12.3 Å². The molecule has 0 amide bonds. The molecule has 4 nitrogen and oxygen atoms in total. The number of nitrogens with zero attached hydrogens (tertiary/aromatic N) is 2. The first kappa shape index (κ1) is 15.6. The number of carbonyl (C=O) groups is 1. The molecule has 1 aliphatic carbocycles. The smallest absolute Gasteiger partial charge is 0.323 e. The van der Waals surface area contributed by atoms with E-state index in [2.05, 4.69) is 34.1 Å². The van der Waals surface area contributed by atoms with Gasteiger partial charge in [-0.3, -0.25) is 14.7 Å². The number of fused-ring (bicyclic) bond motifs is 2. The second-order valence-electron chi connectivity index (χ2n) is 7.05.